The van der Waals surface area contributed by atoms with Crippen LogP contribution < -0.4 is 0 Å². The van der Waals surface area contributed by atoms with E-state index in [1.54, 1.807) is 0 Å². The fourth-order valence-electron chi connectivity index (χ4n) is 5.53. The highest BCUT2D eigenvalue weighted by molar-refractivity contribution is 5.78. The summed E-state index contributed by atoms with van der Waals surface area (Å²) in [6, 6.07) is 8.59. The number of benzene rings is 1. The van der Waals surface area contributed by atoms with Crippen LogP contribution in [-0.4, -0.2) is 55.9 Å². The molecule has 6 heteroatoms. The van der Waals surface area contributed by atoms with Crippen molar-refractivity contribution in [2.45, 2.75) is 124 Å². The lowest BCUT2D eigenvalue weighted by Gasteiger charge is -2.33. The molecule has 0 radical (unpaired) electrons. The summed E-state index contributed by atoms with van der Waals surface area (Å²) in [7, 11) is 4.10. The maximum atomic E-state index is 13.2. The first kappa shape index (κ1) is 36.1. The average molecular weight is 562 g/mol. The highest BCUT2D eigenvalue weighted by atomic mass is 16.5. The van der Waals surface area contributed by atoms with Gasteiger partial charge in [0.05, 0.1) is 24.5 Å². The summed E-state index contributed by atoms with van der Waals surface area (Å²) in [6.45, 7) is 9.15. The largest absolute Gasteiger partial charge is 0.465 e. The summed E-state index contributed by atoms with van der Waals surface area (Å²) in [5.41, 5.74) is 1.56. The number of aliphatic hydroxyl groups excluding tert-OH is 1. The van der Waals surface area contributed by atoms with Crippen LogP contribution in [0.15, 0.2) is 24.3 Å². The average Bonchev–Trinajstić information content (AvgIpc) is 2.93. The summed E-state index contributed by atoms with van der Waals surface area (Å²) >= 11 is 0. The van der Waals surface area contributed by atoms with E-state index in [2.05, 4.69) is 57.1 Å². The number of unbranched alkanes of at least 4 members (excludes halogenated alkanes) is 9. The molecule has 0 aliphatic heterocycles. The van der Waals surface area contributed by atoms with Crippen molar-refractivity contribution in [1.29, 1.82) is 0 Å². The molecule has 0 aromatic heterocycles. The van der Waals surface area contributed by atoms with Crippen LogP contribution in [0.1, 0.15) is 128 Å². The number of nitrogens with zero attached hydrogens (tertiary/aromatic N) is 1. The molecule has 0 bridgehead atoms. The van der Waals surface area contributed by atoms with Gasteiger partial charge in [-0.3, -0.25) is 9.59 Å². The lowest BCUT2D eigenvalue weighted by Crippen LogP contribution is -2.36. The Morgan fingerprint density at radius 2 is 1.43 bits per heavy atom. The van der Waals surface area contributed by atoms with Crippen LogP contribution in [0.25, 0.3) is 0 Å². The van der Waals surface area contributed by atoms with E-state index in [-0.39, 0.29) is 31.1 Å². The van der Waals surface area contributed by atoms with Gasteiger partial charge in [0.25, 0.3) is 0 Å². The van der Waals surface area contributed by atoms with Gasteiger partial charge in [0, 0.05) is 6.54 Å². The Labute approximate surface area is 245 Å². The lowest BCUT2D eigenvalue weighted by atomic mass is 9.72. The molecule has 1 rings (SSSR count). The summed E-state index contributed by atoms with van der Waals surface area (Å²) in [4.78, 5) is 28.2. The smallest absolute Gasteiger partial charge is 0.311 e. The second-order valence-corrected chi connectivity index (χ2v) is 12.2. The van der Waals surface area contributed by atoms with Crippen molar-refractivity contribution < 1.29 is 24.2 Å². The van der Waals surface area contributed by atoms with Crippen molar-refractivity contribution in [2.24, 2.45) is 11.3 Å². The highest BCUT2D eigenvalue weighted by Gasteiger charge is 2.40. The van der Waals surface area contributed by atoms with Gasteiger partial charge in [-0.1, -0.05) is 103 Å². The lowest BCUT2D eigenvalue weighted by molar-refractivity contribution is -0.160. The molecule has 3 atom stereocenters. The minimum absolute atomic E-state index is 0.0397. The molecule has 1 N–H and O–H groups in total. The number of aliphatic hydroxyl groups is 1. The first-order valence-electron chi connectivity index (χ1n) is 15.8. The Morgan fingerprint density at radius 3 is 1.95 bits per heavy atom. The van der Waals surface area contributed by atoms with Gasteiger partial charge in [-0.15, -0.1) is 0 Å². The van der Waals surface area contributed by atoms with Gasteiger partial charge in [0.2, 0.25) is 0 Å². The van der Waals surface area contributed by atoms with E-state index >= 15 is 0 Å². The Bertz CT molecular complexity index is 809. The van der Waals surface area contributed by atoms with Crippen molar-refractivity contribution >= 4 is 11.9 Å². The second-order valence-electron chi connectivity index (χ2n) is 12.2. The van der Waals surface area contributed by atoms with Gasteiger partial charge >= 0.3 is 11.9 Å². The first-order chi connectivity index (χ1) is 19.2. The molecule has 1 aromatic rings. The van der Waals surface area contributed by atoms with Gasteiger partial charge in [-0.25, -0.2) is 0 Å². The monoisotopic (exact) mass is 561 g/mol. The molecule has 230 valence electrons. The first-order valence-corrected chi connectivity index (χ1v) is 15.8. The quantitative estimate of drug-likeness (QED) is 0.109. The third-order valence-electron chi connectivity index (χ3n) is 7.86. The van der Waals surface area contributed by atoms with Crippen molar-refractivity contribution in [1.82, 2.24) is 4.90 Å². The number of rotatable bonds is 23. The van der Waals surface area contributed by atoms with Crippen molar-refractivity contribution in [3.05, 3.63) is 35.4 Å². The molecule has 6 nitrogen and oxygen atoms in total. The highest BCUT2D eigenvalue weighted by Crippen LogP contribution is 2.40. The minimum atomic E-state index is -0.867. The number of ether oxygens (including phenoxy) is 2. The summed E-state index contributed by atoms with van der Waals surface area (Å²) < 4.78 is 11.0. The maximum Gasteiger partial charge on any atom is 0.311 e. The zero-order chi connectivity index (χ0) is 29.8. The van der Waals surface area contributed by atoms with Crippen molar-refractivity contribution in [2.75, 3.05) is 33.9 Å². The van der Waals surface area contributed by atoms with E-state index in [1.165, 1.54) is 62.5 Å². The van der Waals surface area contributed by atoms with Crippen LogP contribution in [0, 0.1) is 11.3 Å². The van der Waals surface area contributed by atoms with E-state index in [9.17, 15) is 14.7 Å². The molecule has 0 spiro atoms. The van der Waals surface area contributed by atoms with Gasteiger partial charge < -0.3 is 19.5 Å². The standard InChI is InChI=1S/C34H59NO5/c1-7-9-10-11-12-13-14-15-16-17-23-39-32(37)28(3)25-34(4,33(38)40-24-22-36)26-30(8-2)31-20-18-29(19-21-31)27-35(5)6/h18-21,28,30,36H,7-17,22-27H2,1-6H3. The Balaban J connectivity index is 2.65. The van der Waals surface area contributed by atoms with Gasteiger partial charge in [-0.05, 0) is 63.7 Å². The van der Waals surface area contributed by atoms with Crippen LogP contribution in [-0.2, 0) is 25.6 Å². The predicted molar refractivity (Wildman–Crippen MR) is 164 cm³/mol. The van der Waals surface area contributed by atoms with E-state index < -0.39 is 11.3 Å². The van der Waals surface area contributed by atoms with Gasteiger partial charge in [0.15, 0.2) is 0 Å². The predicted octanol–water partition coefficient (Wildman–Crippen LogP) is 7.66. The SMILES string of the molecule is CCCCCCCCCCCCOC(=O)C(C)CC(C)(CC(CC)c1ccc(CN(C)C)cc1)C(=O)OCCO. The normalized spacial score (nSPS) is 14.5. The minimum Gasteiger partial charge on any atom is -0.465 e. The Hall–Kier alpha value is -1.92. The molecule has 0 fully saturated rings. The molecule has 0 aliphatic carbocycles. The summed E-state index contributed by atoms with van der Waals surface area (Å²) in [5.74, 6) is -0.888. The van der Waals surface area contributed by atoms with Crippen molar-refractivity contribution in [3.8, 4) is 0 Å². The topological polar surface area (TPSA) is 76.1 Å². The Kier molecular flexibility index (Phi) is 18.8. The fourth-order valence-corrected chi connectivity index (χ4v) is 5.53. The number of carbonyl (C=O) groups is 2. The van der Waals surface area contributed by atoms with Crippen molar-refractivity contribution in [3.63, 3.8) is 0 Å². The number of hydrogen-bond acceptors (Lipinski definition) is 6. The third kappa shape index (κ3) is 14.6. The van der Waals surface area contributed by atoms with Crippen LogP contribution in [0.2, 0.25) is 0 Å². The molecule has 0 aliphatic rings. The fraction of sp³-hybridized carbons (Fsp3) is 0.765. The molecular formula is C34H59NO5. The molecule has 0 saturated carbocycles. The van der Waals surface area contributed by atoms with Gasteiger partial charge in [0.1, 0.15) is 6.61 Å². The van der Waals surface area contributed by atoms with Crippen LogP contribution in [0.4, 0.5) is 0 Å². The van der Waals surface area contributed by atoms with Gasteiger partial charge in [-0.2, -0.15) is 0 Å². The summed E-state index contributed by atoms with van der Waals surface area (Å²) in [6.07, 6.45) is 14.1. The van der Waals surface area contributed by atoms with E-state index in [0.717, 1.165) is 25.8 Å². The molecular weight excluding hydrogens is 502 g/mol. The summed E-state index contributed by atoms with van der Waals surface area (Å²) in [5, 5.41) is 9.22. The van der Waals surface area contributed by atoms with Crippen LogP contribution in [0.5, 0.6) is 0 Å². The zero-order valence-electron chi connectivity index (χ0n) is 26.5. The Morgan fingerprint density at radius 1 is 0.850 bits per heavy atom. The third-order valence-corrected chi connectivity index (χ3v) is 7.86. The van der Waals surface area contributed by atoms with Crippen LogP contribution in [0.3, 0.4) is 0 Å². The van der Waals surface area contributed by atoms with E-state index in [4.69, 9.17) is 9.47 Å². The number of esters is 2. The molecule has 0 amide bonds. The zero-order valence-corrected chi connectivity index (χ0v) is 26.5. The number of hydrogen-bond donors (Lipinski definition) is 1. The molecule has 0 heterocycles. The molecule has 1 aromatic carbocycles. The second kappa shape index (κ2) is 20.9. The number of carbonyl (C=O) groups excluding carboxylic acids is 2. The molecule has 3 unspecified atom stereocenters. The van der Waals surface area contributed by atoms with Crippen LogP contribution >= 0.6 is 0 Å². The molecule has 0 saturated heterocycles. The molecule has 40 heavy (non-hydrogen) atoms. The van der Waals surface area contributed by atoms with E-state index in [1.807, 2.05) is 13.8 Å². The van der Waals surface area contributed by atoms with E-state index in [0.29, 0.717) is 19.4 Å². The maximum absolute atomic E-state index is 13.2.